The molecular weight excluding hydrogens is 523 g/mol. The zero-order valence-electron chi connectivity index (χ0n) is 21.5. The number of hydrogen-bond acceptors (Lipinski definition) is 3. The van der Waals surface area contributed by atoms with Crippen LogP contribution in [0.2, 0.25) is 0 Å². The number of thiocarbonyl (C=S) groups is 1. The fraction of sp³-hybridized carbons (Fsp3) is 0.207. The molecule has 1 saturated heterocycles. The van der Waals surface area contributed by atoms with Crippen LogP contribution in [0.1, 0.15) is 47.2 Å². The number of nitrogens with zero attached hydrogens (tertiary/aromatic N) is 3. The number of anilines is 2. The summed E-state index contributed by atoms with van der Waals surface area (Å²) in [5.74, 6) is -0.180. The van der Waals surface area contributed by atoms with Crippen molar-refractivity contribution in [1.29, 1.82) is 0 Å². The zero-order valence-corrected chi connectivity index (χ0v) is 22.3. The number of carbonyl (C=O) groups excluding carboxylic acids is 1. The van der Waals surface area contributed by atoms with Gasteiger partial charge in [-0.05, 0) is 86.2 Å². The first-order valence-electron chi connectivity index (χ1n) is 12.3. The van der Waals surface area contributed by atoms with Gasteiger partial charge < -0.3 is 20.1 Å². The van der Waals surface area contributed by atoms with Crippen LogP contribution in [0.5, 0.6) is 0 Å². The number of rotatable bonds is 5. The minimum absolute atomic E-state index is 0.0698. The van der Waals surface area contributed by atoms with E-state index < -0.39 is 17.8 Å². The van der Waals surface area contributed by atoms with Crippen molar-refractivity contribution in [3.05, 3.63) is 107 Å². The highest BCUT2D eigenvalue weighted by Crippen LogP contribution is 2.44. The van der Waals surface area contributed by atoms with Gasteiger partial charge in [0, 0.05) is 35.9 Å². The van der Waals surface area contributed by atoms with E-state index in [9.17, 15) is 18.0 Å². The molecule has 1 amide bonds. The van der Waals surface area contributed by atoms with Crippen molar-refractivity contribution >= 4 is 34.6 Å². The molecule has 5 rings (SSSR count). The van der Waals surface area contributed by atoms with Gasteiger partial charge in [0.15, 0.2) is 5.11 Å². The monoisotopic (exact) mass is 549 g/mol. The number of para-hydroxylation sites is 1. The Bertz CT molecular complexity index is 1530. The van der Waals surface area contributed by atoms with Crippen LogP contribution >= 0.6 is 12.2 Å². The number of aromatic nitrogens is 2. The summed E-state index contributed by atoms with van der Waals surface area (Å²) in [5.41, 5.74) is 3.68. The lowest BCUT2D eigenvalue weighted by Crippen LogP contribution is -2.29. The second-order valence-electron chi connectivity index (χ2n) is 9.40. The third-order valence-corrected chi connectivity index (χ3v) is 7.12. The number of pyridine rings is 1. The van der Waals surface area contributed by atoms with E-state index in [-0.39, 0.29) is 17.6 Å². The fourth-order valence-corrected chi connectivity index (χ4v) is 5.57. The van der Waals surface area contributed by atoms with Gasteiger partial charge in [0.1, 0.15) is 0 Å². The van der Waals surface area contributed by atoms with Crippen molar-refractivity contribution in [1.82, 2.24) is 14.9 Å². The molecule has 2 aromatic heterocycles. The molecule has 1 fully saturated rings. The molecule has 0 spiro atoms. The summed E-state index contributed by atoms with van der Waals surface area (Å²) in [6.07, 6.45) is -2.81. The molecular formula is C29H26F3N5OS. The third kappa shape index (κ3) is 4.99. The highest BCUT2D eigenvalue weighted by molar-refractivity contribution is 7.80. The van der Waals surface area contributed by atoms with E-state index in [1.165, 1.54) is 19.1 Å². The smallest absolute Gasteiger partial charge is 0.351 e. The highest BCUT2D eigenvalue weighted by Gasteiger charge is 2.43. The van der Waals surface area contributed by atoms with Gasteiger partial charge >= 0.3 is 6.18 Å². The van der Waals surface area contributed by atoms with E-state index in [2.05, 4.69) is 15.6 Å². The molecule has 0 radical (unpaired) electrons. The third-order valence-electron chi connectivity index (χ3n) is 6.80. The number of benzene rings is 2. The second-order valence-corrected chi connectivity index (χ2v) is 9.79. The average molecular weight is 550 g/mol. The number of carbonyl (C=O) groups is 1. The first kappa shape index (κ1) is 26.4. The molecule has 10 heteroatoms. The number of hydrogen-bond donors (Lipinski definition) is 2. The average Bonchev–Trinajstić information content (AvgIpc) is 3.39. The largest absolute Gasteiger partial charge is 0.418 e. The molecule has 2 aromatic carbocycles. The normalized spacial score (nSPS) is 17.3. The number of aryl methyl sites for hydroxylation is 1. The van der Waals surface area contributed by atoms with Crippen molar-refractivity contribution in [2.45, 2.75) is 39.0 Å². The van der Waals surface area contributed by atoms with E-state index >= 15 is 0 Å². The molecule has 0 bridgehead atoms. The lowest BCUT2D eigenvalue weighted by Gasteiger charge is -2.28. The first-order valence-corrected chi connectivity index (χ1v) is 12.7. The molecule has 0 unspecified atom stereocenters. The molecule has 39 heavy (non-hydrogen) atoms. The number of halogens is 3. The minimum atomic E-state index is -4.51. The molecule has 2 atom stereocenters. The Morgan fingerprint density at radius 3 is 2.36 bits per heavy atom. The lowest BCUT2D eigenvalue weighted by atomic mass is 9.96. The van der Waals surface area contributed by atoms with E-state index in [1.807, 2.05) is 48.2 Å². The lowest BCUT2D eigenvalue weighted by molar-refractivity contribution is -0.137. The summed E-state index contributed by atoms with van der Waals surface area (Å²) in [6.45, 7) is 5.06. The van der Waals surface area contributed by atoms with Crippen LogP contribution in [-0.2, 0) is 11.0 Å². The Kier molecular flexibility index (Phi) is 6.90. The van der Waals surface area contributed by atoms with E-state index in [0.717, 1.165) is 23.0 Å². The quantitative estimate of drug-likeness (QED) is 0.273. The van der Waals surface area contributed by atoms with Gasteiger partial charge in [-0.15, -0.1) is 0 Å². The molecule has 0 saturated carbocycles. The molecule has 3 heterocycles. The molecule has 4 aromatic rings. The fourth-order valence-electron chi connectivity index (χ4n) is 5.22. The predicted molar refractivity (Wildman–Crippen MR) is 149 cm³/mol. The van der Waals surface area contributed by atoms with Crippen LogP contribution in [0.25, 0.3) is 5.69 Å². The van der Waals surface area contributed by atoms with Crippen molar-refractivity contribution in [3.63, 3.8) is 0 Å². The summed E-state index contributed by atoms with van der Waals surface area (Å²) in [7, 11) is 0. The van der Waals surface area contributed by atoms with E-state index in [1.54, 1.807) is 35.9 Å². The minimum Gasteiger partial charge on any atom is -0.351 e. The number of nitrogens with one attached hydrogen (secondary N) is 2. The maximum atomic E-state index is 14.0. The first-order chi connectivity index (χ1) is 18.6. The van der Waals surface area contributed by atoms with Gasteiger partial charge in [0.2, 0.25) is 5.91 Å². The van der Waals surface area contributed by atoms with Crippen LogP contribution in [-0.4, -0.2) is 20.6 Å². The predicted octanol–water partition coefficient (Wildman–Crippen LogP) is 6.64. The molecule has 1 aliphatic rings. The molecule has 6 nitrogen and oxygen atoms in total. The van der Waals surface area contributed by atoms with Gasteiger partial charge in [0.25, 0.3) is 0 Å². The number of alkyl halides is 3. The van der Waals surface area contributed by atoms with Crippen molar-refractivity contribution < 1.29 is 18.0 Å². The molecule has 1 aliphatic heterocycles. The Labute approximate surface area is 229 Å². The Morgan fingerprint density at radius 2 is 1.72 bits per heavy atom. The highest BCUT2D eigenvalue weighted by atomic mass is 32.1. The summed E-state index contributed by atoms with van der Waals surface area (Å²) >= 11 is 5.79. The maximum absolute atomic E-state index is 14.0. The summed E-state index contributed by atoms with van der Waals surface area (Å²) < 4.78 is 43.5. The van der Waals surface area contributed by atoms with Crippen LogP contribution in [0.4, 0.5) is 24.5 Å². The summed E-state index contributed by atoms with van der Waals surface area (Å²) in [5, 5.41) is 6.60. The standard InChI is InChI=1S/C29H26F3N5OS/c1-17-16-22(18(2)36(17)25-10-5-4-8-23(25)29(30,31)32)27-26(24-9-6-7-15-33-24)35-28(39)37(27)21-13-11-20(12-14-21)34-19(3)38/h4-16,26-27H,1-3H3,(H,34,38)(H,35,39)/t26-,27+/m1/s1. The van der Waals surface area contributed by atoms with Crippen molar-refractivity contribution in [3.8, 4) is 5.69 Å². The summed E-state index contributed by atoms with van der Waals surface area (Å²) in [4.78, 5) is 18.0. The van der Waals surface area contributed by atoms with Gasteiger partial charge in [-0.25, -0.2) is 0 Å². The van der Waals surface area contributed by atoms with Gasteiger partial charge in [-0.1, -0.05) is 18.2 Å². The Morgan fingerprint density at radius 1 is 1.03 bits per heavy atom. The molecule has 2 N–H and O–H groups in total. The SMILES string of the molecule is CC(=O)Nc1ccc(N2C(=S)N[C@H](c3ccccn3)[C@@H]2c2cc(C)n(-c3ccccc3C(F)(F)F)c2C)cc1. The van der Waals surface area contributed by atoms with Crippen LogP contribution in [0.3, 0.4) is 0 Å². The van der Waals surface area contributed by atoms with E-state index in [4.69, 9.17) is 12.2 Å². The molecule has 200 valence electrons. The van der Waals surface area contributed by atoms with Crippen LogP contribution in [0, 0.1) is 13.8 Å². The van der Waals surface area contributed by atoms with E-state index in [0.29, 0.717) is 22.2 Å². The zero-order chi connectivity index (χ0) is 27.9. The molecule has 0 aliphatic carbocycles. The van der Waals surface area contributed by atoms with Gasteiger partial charge in [0.05, 0.1) is 29.0 Å². The Hall–Kier alpha value is -4.18. The second kappa shape index (κ2) is 10.2. The van der Waals surface area contributed by atoms with Gasteiger partial charge in [-0.3, -0.25) is 9.78 Å². The van der Waals surface area contributed by atoms with Crippen LogP contribution in [0.15, 0.2) is 79.0 Å². The maximum Gasteiger partial charge on any atom is 0.418 e. The van der Waals surface area contributed by atoms with Crippen LogP contribution < -0.4 is 15.5 Å². The number of amides is 1. The Balaban J connectivity index is 1.66. The van der Waals surface area contributed by atoms with Crippen molar-refractivity contribution in [2.24, 2.45) is 0 Å². The summed E-state index contributed by atoms with van der Waals surface area (Å²) in [6, 6.07) is 19.6. The van der Waals surface area contributed by atoms with Gasteiger partial charge in [-0.2, -0.15) is 13.2 Å². The topological polar surface area (TPSA) is 62.2 Å². The van der Waals surface area contributed by atoms with Crippen molar-refractivity contribution in [2.75, 3.05) is 10.2 Å².